The van der Waals surface area contributed by atoms with Gasteiger partial charge in [0, 0.05) is 18.3 Å². The number of rotatable bonds is 4. The van der Waals surface area contributed by atoms with Crippen LogP contribution in [0.5, 0.6) is 0 Å². The van der Waals surface area contributed by atoms with Crippen molar-refractivity contribution in [1.82, 2.24) is 5.32 Å². The molecule has 0 aromatic carbocycles. The standard InChI is InChI=1S/C12H24N2S/c1-5-10-7-8-15-11(14-10)13-9-12(3,4)6-2/h10H,5-9H2,1-4H3,(H,13,14). The number of nitrogens with zero attached hydrogens (tertiary/aromatic N) is 1. The summed E-state index contributed by atoms with van der Waals surface area (Å²) in [4.78, 5) is 4.69. The van der Waals surface area contributed by atoms with Gasteiger partial charge in [-0.15, -0.1) is 0 Å². The summed E-state index contributed by atoms with van der Waals surface area (Å²) < 4.78 is 0. The Bertz CT molecular complexity index is 224. The molecule has 0 radical (unpaired) electrons. The average Bonchev–Trinajstić information content (AvgIpc) is 2.27. The van der Waals surface area contributed by atoms with Crippen molar-refractivity contribution in [3.8, 4) is 0 Å². The zero-order valence-electron chi connectivity index (χ0n) is 10.5. The van der Waals surface area contributed by atoms with Crippen LogP contribution in [-0.2, 0) is 0 Å². The van der Waals surface area contributed by atoms with Crippen LogP contribution in [0.15, 0.2) is 4.99 Å². The molecule has 0 saturated carbocycles. The maximum Gasteiger partial charge on any atom is 0.156 e. The lowest BCUT2D eigenvalue weighted by molar-refractivity contribution is 0.365. The molecule has 1 saturated heterocycles. The first-order valence-corrected chi connectivity index (χ1v) is 6.99. The van der Waals surface area contributed by atoms with Crippen LogP contribution in [0.4, 0.5) is 0 Å². The Morgan fingerprint density at radius 3 is 2.80 bits per heavy atom. The number of aliphatic imine (C=N–C) groups is 1. The monoisotopic (exact) mass is 228 g/mol. The molecule has 1 atom stereocenters. The molecule has 0 aliphatic carbocycles. The SMILES string of the molecule is CCC1CCSC(=NCC(C)(C)CC)N1. The summed E-state index contributed by atoms with van der Waals surface area (Å²) in [5, 5.41) is 4.67. The predicted octanol–water partition coefficient (Wildman–Crippen LogP) is 3.28. The van der Waals surface area contributed by atoms with Crippen molar-refractivity contribution in [3.63, 3.8) is 0 Å². The van der Waals surface area contributed by atoms with Gasteiger partial charge in [0.2, 0.25) is 0 Å². The Labute approximate surface area is 98.3 Å². The lowest BCUT2D eigenvalue weighted by atomic mass is 9.91. The minimum absolute atomic E-state index is 0.342. The molecule has 88 valence electrons. The number of hydrogen-bond donors (Lipinski definition) is 1. The first-order chi connectivity index (χ1) is 7.07. The van der Waals surface area contributed by atoms with Gasteiger partial charge in [-0.3, -0.25) is 4.99 Å². The lowest BCUT2D eigenvalue weighted by Gasteiger charge is -2.26. The van der Waals surface area contributed by atoms with Crippen LogP contribution in [0, 0.1) is 5.41 Å². The molecule has 1 unspecified atom stereocenters. The van der Waals surface area contributed by atoms with Gasteiger partial charge in [0.25, 0.3) is 0 Å². The van der Waals surface area contributed by atoms with Gasteiger partial charge in [0.05, 0.1) is 0 Å². The van der Waals surface area contributed by atoms with Crippen molar-refractivity contribution < 1.29 is 0 Å². The molecule has 15 heavy (non-hydrogen) atoms. The quantitative estimate of drug-likeness (QED) is 0.798. The average molecular weight is 228 g/mol. The zero-order chi connectivity index (χ0) is 11.3. The van der Waals surface area contributed by atoms with E-state index in [0.29, 0.717) is 11.5 Å². The zero-order valence-corrected chi connectivity index (χ0v) is 11.3. The second-order valence-electron chi connectivity index (χ2n) is 5.03. The predicted molar refractivity (Wildman–Crippen MR) is 70.7 cm³/mol. The molecule has 1 heterocycles. The van der Waals surface area contributed by atoms with E-state index < -0.39 is 0 Å². The van der Waals surface area contributed by atoms with Crippen LogP contribution in [0.3, 0.4) is 0 Å². The summed E-state index contributed by atoms with van der Waals surface area (Å²) in [6.45, 7) is 9.97. The molecule has 3 heteroatoms. The summed E-state index contributed by atoms with van der Waals surface area (Å²) in [5.74, 6) is 1.22. The number of thioether (sulfide) groups is 1. The molecular formula is C12H24N2S. The van der Waals surface area contributed by atoms with E-state index in [0.717, 1.165) is 11.7 Å². The van der Waals surface area contributed by atoms with E-state index >= 15 is 0 Å². The van der Waals surface area contributed by atoms with Crippen molar-refractivity contribution in [2.75, 3.05) is 12.3 Å². The van der Waals surface area contributed by atoms with E-state index in [4.69, 9.17) is 4.99 Å². The van der Waals surface area contributed by atoms with Crippen molar-refractivity contribution >= 4 is 16.9 Å². The van der Waals surface area contributed by atoms with Gasteiger partial charge in [-0.05, 0) is 24.7 Å². The molecular weight excluding hydrogens is 204 g/mol. The van der Waals surface area contributed by atoms with Gasteiger partial charge < -0.3 is 5.32 Å². The van der Waals surface area contributed by atoms with Crippen LogP contribution in [0.1, 0.15) is 47.0 Å². The third-order valence-electron chi connectivity index (χ3n) is 3.13. The van der Waals surface area contributed by atoms with Gasteiger partial charge in [-0.25, -0.2) is 0 Å². The normalized spacial score (nSPS) is 25.3. The highest BCUT2D eigenvalue weighted by atomic mass is 32.2. The topological polar surface area (TPSA) is 24.4 Å². The second-order valence-corrected chi connectivity index (χ2v) is 6.11. The first kappa shape index (κ1) is 12.9. The smallest absolute Gasteiger partial charge is 0.156 e. The van der Waals surface area contributed by atoms with E-state index in [2.05, 4.69) is 33.0 Å². The molecule has 0 aromatic heterocycles. The minimum atomic E-state index is 0.342. The van der Waals surface area contributed by atoms with Crippen LogP contribution < -0.4 is 5.32 Å². The summed E-state index contributed by atoms with van der Waals surface area (Å²) in [5.41, 5.74) is 0.342. The minimum Gasteiger partial charge on any atom is -0.362 e. The number of nitrogens with one attached hydrogen (secondary N) is 1. The summed E-state index contributed by atoms with van der Waals surface area (Å²) >= 11 is 1.87. The van der Waals surface area contributed by atoms with E-state index in [1.165, 1.54) is 25.0 Å². The van der Waals surface area contributed by atoms with Gasteiger partial charge >= 0.3 is 0 Å². The van der Waals surface area contributed by atoms with Gasteiger partial charge in [-0.2, -0.15) is 0 Å². The van der Waals surface area contributed by atoms with Crippen molar-refractivity contribution in [3.05, 3.63) is 0 Å². The van der Waals surface area contributed by atoms with E-state index in [-0.39, 0.29) is 0 Å². The van der Waals surface area contributed by atoms with E-state index in [9.17, 15) is 0 Å². The lowest BCUT2D eigenvalue weighted by Crippen LogP contribution is -2.37. The third-order valence-corrected chi connectivity index (χ3v) is 4.09. The molecule has 0 aromatic rings. The maximum absolute atomic E-state index is 4.69. The molecule has 2 nitrogen and oxygen atoms in total. The molecule has 1 N–H and O–H groups in total. The highest BCUT2D eigenvalue weighted by molar-refractivity contribution is 8.13. The second kappa shape index (κ2) is 5.78. The highest BCUT2D eigenvalue weighted by Crippen LogP contribution is 2.22. The third kappa shape index (κ3) is 4.45. The Balaban J connectivity index is 2.45. The summed E-state index contributed by atoms with van der Waals surface area (Å²) in [7, 11) is 0. The van der Waals surface area contributed by atoms with Crippen LogP contribution >= 0.6 is 11.8 Å². The Morgan fingerprint density at radius 2 is 2.20 bits per heavy atom. The highest BCUT2D eigenvalue weighted by Gasteiger charge is 2.18. The molecule has 1 fully saturated rings. The molecule has 1 aliphatic heterocycles. The fourth-order valence-corrected chi connectivity index (χ4v) is 2.38. The van der Waals surface area contributed by atoms with Gasteiger partial charge in [0.1, 0.15) is 0 Å². The molecule has 0 spiro atoms. The maximum atomic E-state index is 4.69. The number of amidine groups is 1. The van der Waals surface area contributed by atoms with Gasteiger partial charge in [0.15, 0.2) is 5.17 Å². The van der Waals surface area contributed by atoms with Gasteiger partial charge in [-0.1, -0.05) is 39.5 Å². The molecule has 1 aliphatic rings. The van der Waals surface area contributed by atoms with E-state index in [1.807, 2.05) is 11.8 Å². The van der Waals surface area contributed by atoms with Crippen molar-refractivity contribution in [1.29, 1.82) is 0 Å². The van der Waals surface area contributed by atoms with E-state index in [1.54, 1.807) is 0 Å². The van der Waals surface area contributed by atoms with Crippen LogP contribution in [-0.4, -0.2) is 23.5 Å². The molecule has 0 amide bonds. The summed E-state index contributed by atoms with van der Waals surface area (Å²) in [6, 6.07) is 0.648. The largest absolute Gasteiger partial charge is 0.362 e. The van der Waals surface area contributed by atoms with Crippen molar-refractivity contribution in [2.45, 2.75) is 53.0 Å². The Kier molecular flexibility index (Phi) is 4.97. The first-order valence-electron chi connectivity index (χ1n) is 6.01. The fraction of sp³-hybridized carbons (Fsp3) is 0.917. The summed E-state index contributed by atoms with van der Waals surface area (Å²) in [6.07, 6.45) is 3.67. The fourth-order valence-electron chi connectivity index (χ4n) is 1.38. The van der Waals surface area contributed by atoms with Crippen molar-refractivity contribution in [2.24, 2.45) is 10.4 Å². The number of hydrogen-bond acceptors (Lipinski definition) is 2. The Morgan fingerprint density at radius 1 is 1.47 bits per heavy atom. The Hall–Kier alpha value is -0.180. The van der Waals surface area contributed by atoms with Crippen LogP contribution in [0.2, 0.25) is 0 Å². The molecule has 1 rings (SSSR count). The molecule has 0 bridgehead atoms. The van der Waals surface area contributed by atoms with Crippen LogP contribution in [0.25, 0.3) is 0 Å².